The van der Waals surface area contributed by atoms with Gasteiger partial charge in [0.25, 0.3) is 0 Å². The van der Waals surface area contributed by atoms with Gasteiger partial charge in [-0.3, -0.25) is 0 Å². The van der Waals surface area contributed by atoms with Gasteiger partial charge in [-0.25, -0.2) is 0 Å². The van der Waals surface area contributed by atoms with Crippen LogP contribution in [0.3, 0.4) is 0 Å². The van der Waals surface area contributed by atoms with Crippen LogP contribution in [0.5, 0.6) is 0 Å². The maximum atomic E-state index is 8.81. The first-order valence-corrected chi connectivity index (χ1v) is 16.8. The summed E-state index contributed by atoms with van der Waals surface area (Å²) in [5.41, 5.74) is 0. The van der Waals surface area contributed by atoms with Crippen molar-refractivity contribution in [2.24, 2.45) is 0 Å². The minimum absolute atomic E-state index is 0.534. The Balaban J connectivity index is 3.02. The van der Waals surface area contributed by atoms with Gasteiger partial charge in [-0.2, -0.15) is 0 Å². The van der Waals surface area contributed by atoms with Crippen molar-refractivity contribution < 1.29 is 20.4 Å². The summed E-state index contributed by atoms with van der Waals surface area (Å²) in [6.07, 6.45) is 37.9. The third kappa shape index (κ3) is 35.8. The Morgan fingerprint density at radius 1 is 0.189 bits per heavy atom. The van der Waals surface area contributed by atoms with Gasteiger partial charge >= 0.3 is 0 Å². The molecule has 0 aromatic heterocycles. The second-order valence-corrected chi connectivity index (χ2v) is 11.8. The van der Waals surface area contributed by atoms with E-state index in [1.54, 1.807) is 0 Å². The molecule has 224 valence electrons. The van der Waals surface area contributed by atoms with Gasteiger partial charge in [0.1, 0.15) is 0 Å². The van der Waals surface area contributed by atoms with Crippen LogP contribution in [-0.4, -0.2) is 33.0 Å². The number of rotatable bonds is 32. The molecule has 0 unspecified atom stereocenters. The molecule has 37 heavy (non-hydrogen) atoms. The second-order valence-electron chi connectivity index (χ2n) is 11.8. The molecule has 0 radical (unpaired) electrons. The summed E-state index contributed by atoms with van der Waals surface area (Å²) in [4.78, 5) is 0. The van der Waals surface area contributed by atoms with E-state index >= 15 is 0 Å². The molecule has 0 spiro atoms. The molecule has 0 fully saturated rings. The van der Waals surface area contributed by atoms with Crippen molar-refractivity contribution in [2.45, 2.75) is 212 Å². The molecule has 4 heteroatoms. The maximum Gasteiger partial charge on any atom is 0.151 e. The Labute approximate surface area is 232 Å². The Bertz CT molecular complexity index is 364. The molecule has 0 rings (SSSR count). The summed E-state index contributed by atoms with van der Waals surface area (Å²) < 4.78 is 0. The monoisotopic (exact) mass is 529 g/mol. The van der Waals surface area contributed by atoms with E-state index in [4.69, 9.17) is 20.4 Å². The van der Waals surface area contributed by atoms with E-state index in [-0.39, 0.29) is 0 Å². The predicted molar refractivity (Wildman–Crippen MR) is 160 cm³/mol. The zero-order valence-electron chi connectivity index (χ0n) is 24.9. The van der Waals surface area contributed by atoms with E-state index in [0.29, 0.717) is 12.8 Å². The minimum atomic E-state index is -1.11. The molecule has 0 bridgehead atoms. The summed E-state index contributed by atoms with van der Waals surface area (Å²) >= 11 is 0. The van der Waals surface area contributed by atoms with Gasteiger partial charge in [-0.1, -0.05) is 173 Å². The van der Waals surface area contributed by atoms with Crippen molar-refractivity contribution in [2.75, 3.05) is 0 Å². The normalized spacial score (nSPS) is 11.8. The lowest BCUT2D eigenvalue weighted by Crippen LogP contribution is -2.02. The molecule has 0 aliphatic heterocycles. The van der Waals surface area contributed by atoms with Crippen LogP contribution < -0.4 is 0 Å². The van der Waals surface area contributed by atoms with Crippen LogP contribution in [0, 0.1) is 0 Å². The van der Waals surface area contributed by atoms with Crippen molar-refractivity contribution in [3.05, 3.63) is 0 Å². The van der Waals surface area contributed by atoms with Crippen LogP contribution in [0.25, 0.3) is 0 Å². The quantitative estimate of drug-likeness (QED) is 0.0517. The van der Waals surface area contributed by atoms with Crippen molar-refractivity contribution >= 4 is 0 Å². The van der Waals surface area contributed by atoms with Crippen molar-refractivity contribution in [1.29, 1.82) is 0 Å². The third-order valence-corrected chi connectivity index (χ3v) is 7.92. The number of unbranched alkanes of at least 4 members (excludes halogenated alkanes) is 28. The highest BCUT2D eigenvalue weighted by Gasteiger charge is 1.99. The van der Waals surface area contributed by atoms with Gasteiger partial charge < -0.3 is 20.4 Å². The lowest BCUT2D eigenvalue weighted by atomic mass is 10.0. The molecule has 0 saturated carbocycles. The summed E-state index contributed by atoms with van der Waals surface area (Å²) in [5, 5.41) is 35.3. The highest BCUT2D eigenvalue weighted by atomic mass is 16.5. The van der Waals surface area contributed by atoms with Crippen LogP contribution in [0.1, 0.15) is 199 Å². The summed E-state index contributed by atoms with van der Waals surface area (Å²) in [6, 6.07) is 0. The van der Waals surface area contributed by atoms with E-state index < -0.39 is 12.6 Å². The molecule has 0 aromatic carbocycles. The van der Waals surface area contributed by atoms with E-state index in [1.807, 2.05) is 0 Å². The lowest BCUT2D eigenvalue weighted by molar-refractivity contribution is -0.0472. The van der Waals surface area contributed by atoms with Crippen LogP contribution in [0.4, 0.5) is 0 Å². The molecule has 0 saturated heterocycles. The van der Waals surface area contributed by atoms with Gasteiger partial charge in [-0.05, 0) is 25.7 Å². The van der Waals surface area contributed by atoms with Crippen molar-refractivity contribution in [1.82, 2.24) is 0 Å². The zero-order chi connectivity index (χ0) is 27.1. The first-order chi connectivity index (χ1) is 18.1. The fraction of sp³-hybridized carbons (Fsp3) is 1.00. The van der Waals surface area contributed by atoms with Gasteiger partial charge in [0, 0.05) is 0 Å². The first-order valence-electron chi connectivity index (χ1n) is 16.8. The molecular weight excluding hydrogens is 460 g/mol. The Kier molecular flexibility index (Phi) is 31.9. The van der Waals surface area contributed by atoms with Crippen molar-refractivity contribution in [3.63, 3.8) is 0 Å². The maximum absolute atomic E-state index is 8.81. The Morgan fingerprint density at radius 3 is 0.405 bits per heavy atom. The average molecular weight is 529 g/mol. The smallest absolute Gasteiger partial charge is 0.151 e. The molecule has 0 heterocycles. The Morgan fingerprint density at radius 2 is 0.297 bits per heavy atom. The van der Waals surface area contributed by atoms with E-state index in [2.05, 4.69) is 0 Å². The van der Waals surface area contributed by atoms with Gasteiger partial charge in [0.15, 0.2) is 12.6 Å². The summed E-state index contributed by atoms with van der Waals surface area (Å²) in [7, 11) is 0. The van der Waals surface area contributed by atoms with E-state index in [0.717, 1.165) is 25.7 Å². The molecule has 0 aliphatic rings. The van der Waals surface area contributed by atoms with Gasteiger partial charge in [0.2, 0.25) is 0 Å². The summed E-state index contributed by atoms with van der Waals surface area (Å²) in [6.45, 7) is 0. The number of hydrogen-bond acceptors (Lipinski definition) is 4. The molecule has 4 nitrogen and oxygen atoms in total. The van der Waals surface area contributed by atoms with Crippen molar-refractivity contribution in [3.8, 4) is 0 Å². The predicted octanol–water partition coefficient (Wildman–Crippen LogP) is 9.70. The third-order valence-electron chi connectivity index (χ3n) is 7.92. The zero-order valence-corrected chi connectivity index (χ0v) is 24.9. The van der Waals surface area contributed by atoms with Crippen LogP contribution in [0.2, 0.25) is 0 Å². The fourth-order valence-electron chi connectivity index (χ4n) is 5.43. The van der Waals surface area contributed by atoms with Crippen LogP contribution in [-0.2, 0) is 0 Å². The average Bonchev–Trinajstić information content (AvgIpc) is 2.87. The standard InChI is InChI=1S/C33H68O4/c34-32(35)30-28-26-24-22-20-18-16-14-12-10-8-6-4-2-1-3-5-7-9-11-13-15-17-19-21-23-25-27-29-31-33(36)37/h32-37H,1-31H2. The second kappa shape index (κ2) is 32.1. The van der Waals surface area contributed by atoms with E-state index in [9.17, 15) is 0 Å². The topological polar surface area (TPSA) is 80.9 Å². The van der Waals surface area contributed by atoms with Gasteiger partial charge in [0.05, 0.1) is 0 Å². The highest BCUT2D eigenvalue weighted by molar-refractivity contribution is 4.53. The van der Waals surface area contributed by atoms with Crippen LogP contribution in [0.15, 0.2) is 0 Å². The van der Waals surface area contributed by atoms with Crippen LogP contribution >= 0.6 is 0 Å². The fourth-order valence-corrected chi connectivity index (χ4v) is 5.43. The minimum Gasteiger partial charge on any atom is -0.368 e. The molecular formula is C33H68O4. The van der Waals surface area contributed by atoms with Gasteiger partial charge in [-0.15, -0.1) is 0 Å². The summed E-state index contributed by atoms with van der Waals surface area (Å²) in [5.74, 6) is 0. The SMILES string of the molecule is OC(O)CCCCCCCCCCCCCCCCCCCCCCCCCCCCCCCC(O)O. The highest BCUT2D eigenvalue weighted by Crippen LogP contribution is 2.16. The lowest BCUT2D eigenvalue weighted by Gasteiger charge is -2.05. The molecule has 0 amide bonds. The Hall–Kier alpha value is -0.160. The van der Waals surface area contributed by atoms with E-state index in [1.165, 1.54) is 161 Å². The molecule has 0 aromatic rings. The largest absolute Gasteiger partial charge is 0.368 e. The number of aliphatic hydroxyl groups is 4. The first kappa shape index (κ1) is 36.8. The number of aliphatic hydroxyl groups excluding tert-OH is 2. The number of hydrogen-bond donors (Lipinski definition) is 4. The molecule has 0 atom stereocenters. The molecule has 0 aliphatic carbocycles. The molecule has 4 N–H and O–H groups in total.